The maximum Gasteiger partial charge on any atom is 0.317 e. The number of anilines is 1. The number of nitrogens with one attached hydrogen (secondary N) is 2. The van der Waals surface area contributed by atoms with Gasteiger partial charge in [-0.2, -0.15) is 0 Å². The molecule has 1 heterocycles. The zero-order valence-electron chi connectivity index (χ0n) is 29.5. The van der Waals surface area contributed by atoms with Crippen LogP contribution < -0.4 is 10.6 Å². The van der Waals surface area contributed by atoms with E-state index >= 15 is 0 Å². The van der Waals surface area contributed by atoms with Gasteiger partial charge in [0.15, 0.2) is 5.11 Å². The molecule has 1 atom stereocenters. The molecule has 1 aliphatic rings. The second-order valence-corrected chi connectivity index (χ2v) is 12.1. The first kappa shape index (κ1) is 44.1. The fourth-order valence-electron chi connectivity index (χ4n) is 5.14. The fourth-order valence-corrected chi connectivity index (χ4v) is 5.36. The minimum Gasteiger partial charge on any atom is -0.480 e. The largest absolute Gasteiger partial charge is 0.480 e. The van der Waals surface area contributed by atoms with Gasteiger partial charge >= 0.3 is 17.9 Å². The quantitative estimate of drug-likeness (QED) is 0.0584. The van der Waals surface area contributed by atoms with Crippen molar-refractivity contribution in [3.8, 4) is 0 Å². The van der Waals surface area contributed by atoms with E-state index in [-0.39, 0.29) is 25.7 Å². The van der Waals surface area contributed by atoms with Gasteiger partial charge in [0, 0.05) is 58.1 Å². The zero-order chi connectivity index (χ0) is 37.1. The van der Waals surface area contributed by atoms with Crippen molar-refractivity contribution in [3.05, 3.63) is 29.8 Å². The highest BCUT2D eigenvalue weighted by Crippen LogP contribution is 2.16. The molecule has 5 N–H and O–H groups in total. The minimum absolute atomic E-state index is 0.206. The lowest BCUT2D eigenvalue weighted by Gasteiger charge is -2.33. The van der Waals surface area contributed by atoms with Crippen LogP contribution in [0, 0.1) is 0 Å². The van der Waals surface area contributed by atoms with Crippen LogP contribution in [0.25, 0.3) is 0 Å². The van der Waals surface area contributed by atoms with Gasteiger partial charge in [0.05, 0.1) is 92.3 Å². The number of carboxylic acid groups (broad SMARTS) is 3. The van der Waals surface area contributed by atoms with Gasteiger partial charge in [-0.1, -0.05) is 12.1 Å². The van der Waals surface area contributed by atoms with Crippen molar-refractivity contribution >= 4 is 40.9 Å². The smallest absolute Gasteiger partial charge is 0.317 e. The lowest BCUT2D eigenvalue weighted by Crippen LogP contribution is -2.49. The molecule has 17 nitrogen and oxygen atoms in total. The van der Waals surface area contributed by atoms with Crippen LogP contribution in [0.15, 0.2) is 24.3 Å². The van der Waals surface area contributed by atoms with Gasteiger partial charge in [0.2, 0.25) is 0 Å². The molecule has 51 heavy (non-hydrogen) atoms. The van der Waals surface area contributed by atoms with Gasteiger partial charge in [-0.05, 0) is 36.3 Å². The molecule has 0 spiro atoms. The van der Waals surface area contributed by atoms with E-state index in [1.54, 1.807) is 21.8 Å². The Labute approximate surface area is 305 Å². The Morgan fingerprint density at radius 1 is 0.686 bits per heavy atom. The number of carboxylic acids is 3. The summed E-state index contributed by atoms with van der Waals surface area (Å²) in [5, 5.41) is 35.0. The molecular weight excluding hydrogens is 690 g/mol. The van der Waals surface area contributed by atoms with E-state index in [2.05, 4.69) is 10.6 Å². The second kappa shape index (κ2) is 27.6. The molecule has 18 heteroatoms. The number of hydrogen-bond acceptors (Lipinski definition) is 13. The number of ether oxygens (including phenoxy) is 6. The number of benzene rings is 1. The third-order valence-electron chi connectivity index (χ3n) is 7.61. The Kier molecular flexibility index (Phi) is 23.9. The number of aliphatic carboxylic acids is 3. The fraction of sp³-hybridized carbons (Fsp3) is 0.697. The number of methoxy groups -OCH3 is 1. The van der Waals surface area contributed by atoms with Crippen LogP contribution in [-0.4, -0.2) is 198 Å². The normalized spacial score (nSPS) is 16.2. The number of hydrogen-bond donors (Lipinski definition) is 5. The summed E-state index contributed by atoms with van der Waals surface area (Å²) in [7, 11) is 1.63. The summed E-state index contributed by atoms with van der Waals surface area (Å²) in [5.74, 6) is -3.01. The van der Waals surface area contributed by atoms with Crippen LogP contribution >= 0.6 is 12.2 Å². The van der Waals surface area contributed by atoms with E-state index in [1.165, 1.54) is 0 Å². The maximum atomic E-state index is 11.7. The molecule has 290 valence electrons. The predicted molar refractivity (Wildman–Crippen MR) is 191 cm³/mol. The highest BCUT2D eigenvalue weighted by molar-refractivity contribution is 7.80. The molecule has 1 saturated heterocycles. The summed E-state index contributed by atoms with van der Waals surface area (Å²) in [5.41, 5.74) is 1.70. The minimum atomic E-state index is -1.01. The Bertz CT molecular complexity index is 1140. The van der Waals surface area contributed by atoms with Gasteiger partial charge in [0.25, 0.3) is 0 Å². The first-order valence-electron chi connectivity index (χ1n) is 17.0. The van der Waals surface area contributed by atoms with Crippen LogP contribution in [-0.2, 0) is 49.2 Å². The molecule has 0 aromatic heterocycles. The molecule has 1 aliphatic heterocycles. The van der Waals surface area contributed by atoms with Crippen LogP contribution in [0.2, 0.25) is 0 Å². The van der Waals surface area contributed by atoms with Crippen LogP contribution in [0.3, 0.4) is 0 Å². The van der Waals surface area contributed by atoms with Crippen LogP contribution in [0.1, 0.15) is 5.56 Å². The van der Waals surface area contributed by atoms with Crippen molar-refractivity contribution in [1.29, 1.82) is 0 Å². The summed E-state index contributed by atoms with van der Waals surface area (Å²) in [6.45, 7) is 6.95. The van der Waals surface area contributed by atoms with Crippen LogP contribution in [0.5, 0.6) is 0 Å². The number of rotatable bonds is 27. The highest BCUT2D eigenvalue weighted by Gasteiger charge is 2.28. The van der Waals surface area contributed by atoms with Gasteiger partial charge in [-0.3, -0.25) is 29.1 Å². The third kappa shape index (κ3) is 22.5. The molecule has 0 aliphatic carbocycles. The molecule has 1 aromatic rings. The summed E-state index contributed by atoms with van der Waals surface area (Å²) in [6, 6.07) is 7.26. The molecule has 1 aromatic carbocycles. The summed E-state index contributed by atoms with van der Waals surface area (Å²) < 4.78 is 32.1. The summed E-state index contributed by atoms with van der Waals surface area (Å²) in [4.78, 5) is 39.9. The molecule has 0 radical (unpaired) electrons. The topological polar surface area (TPSA) is 201 Å². The van der Waals surface area contributed by atoms with Crippen molar-refractivity contribution in [1.82, 2.24) is 20.0 Å². The van der Waals surface area contributed by atoms with E-state index in [0.717, 1.165) is 11.3 Å². The summed E-state index contributed by atoms with van der Waals surface area (Å²) in [6.07, 6.45) is 0.473. The Hall–Kier alpha value is -3.04. The third-order valence-corrected chi connectivity index (χ3v) is 7.86. The van der Waals surface area contributed by atoms with E-state index in [0.29, 0.717) is 123 Å². The molecule has 2 rings (SSSR count). The monoisotopic (exact) mass is 745 g/mol. The molecule has 1 unspecified atom stereocenters. The van der Waals surface area contributed by atoms with Gasteiger partial charge < -0.3 is 54.4 Å². The SMILES string of the molecule is COCCOCCOCCOCCOCCOCCNC(=S)Nc1ccc(CC2CN(CC(=O)O)CCN(CC(=O)O)CCN2CC(=O)O)cc1. The van der Waals surface area contributed by atoms with Crippen molar-refractivity contribution in [2.75, 3.05) is 144 Å². The standard InChI is InChI=1S/C33H55N5O12S/c1-45-12-13-47-16-17-49-20-21-50-19-18-48-15-14-46-11-6-34-33(51)35-28-4-2-27(3-5-28)22-29-23-37(25-31(41)42)8-7-36(24-30(39)40)9-10-38(29)26-32(43)44/h2-5,29H,6-26H2,1H3,(H,39,40)(H,41,42)(H,43,44)(H2,34,35,51). The Balaban J connectivity index is 1.67. The lowest BCUT2D eigenvalue weighted by atomic mass is 10.0. The van der Waals surface area contributed by atoms with Crippen molar-refractivity contribution in [2.45, 2.75) is 12.5 Å². The van der Waals surface area contributed by atoms with Crippen molar-refractivity contribution in [2.24, 2.45) is 0 Å². The molecule has 1 fully saturated rings. The first-order chi connectivity index (χ1) is 24.7. The van der Waals surface area contributed by atoms with E-state index in [1.807, 2.05) is 24.3 Å². The molecule has 0 bridgehead atoms. The first-order valence-corrected chi connectivity index (χ1v) is 17.4. The molecule has 0 saturated carbocycles. The molecular formula is C33H55N5O12S. The average Bonchev–Trinajstić information content (AvgIpc) is 3.14. The van der Waals surface area contributed by atoms with Crippen LogP contribution in [0.4, 0.5) is 5.69 Å². The average molecular weight is 746 g/mol. The Morgan fingerprint density at radius 2 is 1.16 bits per heavy atom. The lowest BCUT2D eigenvalue weighted by molar-refractivity contribution is -0.140. The number of thiocarbonyl (C=S) groups is 1. The van der Waals surface area contributed by atoms with E-state index in [9.17, 15) is 29.7 Å². The van der Waals surface area contributed by atoms with Gasteiger partial charge in [0.1, 0.15) is 0 Å². The van der Waals surface area contributed by atoms with Gasteiger partial charge in [-0.15, -0.1) is 0 Å². The van der Waals surface area contributed by atoms with Crippen molar-refractivity contribution < 1.29 is 58.1 Å². The number of nitrogens with zero attached hydrogens (tertiary/aromatic N) is 3. The number of carbonyl (C=O) groups is 3. The predicted octanol–water partition coefficient (Wildman–Crippen LogP) is -0.213. The highest BCUT2D eigenvalue weighted by atomic mass is 32.1. The van der Waals surface area contributed by atoms with E-state index in [4.69, 9.17) is 40.6 Å². The Morgan fingerprint density at radius 3 is 1.69 bits per heavy atom. The zero-order valence-corrected chi connectivity index (χ0v) is 30.3. The maximum absolute atomic E-state index is 11.7. The van der Waals surface area contributed by atoms with Gasteiger partial charge in [-0.25, -0.2) is 0 Å². The van der Waals surface area contributed by atoms with E-state index < -0.39 is 17.9 Å². The molecule has 0 amide bonds. The second-order valence-electron chi connectivity index (χ2n) is 11.7. The van der Waals surface area contributed by atoms with Crippen molar-refractivity contribution in [3.63, 3.8) is 0 Å². The summed E-state index contributed by atoms with van der Waals surface area (Å²) >= 11 is 5.40.